The topological polar surface area (TPSA) is 36.7 Å². The highest BCUT2D eigenvalue weighted by atomic mass is 127. The molecule has 0 N–H and O–H groups in total. The average molecular weight is 328 g/mol. The highest BCUT2D eigenvalue weighted by Gasteiger charge is 2.20. The number of nitriles is 1. The minimum atomic E-state index is -2.66. The van der Waals surface area contributed by atoms with Crippen molar-refractivity contribution in [1.82, 2.24) is 4.98 Å². The van der Waals surface area contributed by atoms with Crippen molar-refractivity contribution in [3.63, 3.8) is 0 Å². The highest BCUT2D eigenvalue weighted by molar-refractivity contribution is 14.1. The second-order valence-corrected chi connectivity index (χ2v) is 3.69. The van der Waals surface area contributed by atoms with Crippen molar-refractivity contribution in [3.05, 3.63) is 26.6 Å². The zero-order chi connectivity index (χ0) is 10.7. The summed E-state index contributed by atoms with van der Waals surface area (Å²) in [4.78, 5) is 3.71. The highest BCUT2D eigenvalue weighted by Crippen LogP contribution is 2.29. The number of nitrogens with zero attached hydrogens (tertiary/aromatic N) is 2. The summed E-state index contributed by atoms with van der Waals surface area (Å²) in [6.45, 7) is 0. The molecule has 0 fully saturated rings. The van der Waals surface area contributed by atoms with Crippen LogP contribution in [0.5, 0.6) is 0 Å². The molecule has 0 saturated heterocycles. The molecule has 74 valence electrons. The van der Waals surface area contributed by atoms with Crippen LogP contribution in [0.4, 0.5) is 8.78 Å². The Balaban J connectivity index is 3.45. The molecular formula is C8H4ClF2IN2. The Hall–Kier alpha value is -0.480. The van der Waals surface area contributed by atoms with Gasteiger partial charge in [-0.2, -0.15) is 5.26 Å². The third-order valence-electron chi connectivity index (χ3n) is 1.65. The van der Waals surface area contributed by atoms with Crippen LogP contribution in [-0.4, -0.2) is 4.98 Å². The van der Waals surface area contributed by atoms with E-state index >= 15 is 0 Å². The van der Waals surface area contributed by atoms with Crippen LogP contribution in [0.15, 0.2) is 6.20 Å². The molecule has 1 aromatic rings. The first-order valence-electron chi connectivity index (χ1n) is 3.53. The lowest BCUT2D eigenvalue weighted by Crippen LogP contribution is -2.02. The molecule has 0 amide bonds. The van der Waals surface area contributed by atoms with Gasteiger partial charge in [-0.05, 0) is 28.2 Å². The van der Waals surface area contributed by atoms with Gasteiger partial charge in [0.2, 0.25) is 0 Å². The fourth-order valence-corrected chi connectivity index (χ4v) is 1.99. The van der Waals surface area contributed by atoms with Crippen molar-refractivity contribution in [1.29, 1.82) is 5.26 Å². The van der Waals surface area contributed by atoms with E-state index < -0.39 is 6.43 Å². The second-order valence-electron chi connectivity index (χ2n) is 2.40. The third-order valence-corrected chi connectivity index (χ3v) is 2.78. The molecule has 0 aliphatic rings. The first-order chi connectivity index (χ1) is 6.61. The monoisotopic (exact) mass is 328 g/mol. The van der Waals surface area contributed by atoms with Crippen LogP contribution < -0.4 is 0 Å². The van der Waals surface area contributed by atoms with Gasteiger partial charge < -0.3 is 0 Å². The van der Waals surface area contributed by atoms with E-state index in [4.69, 9.17) is 16.9 Å². The summed E-state index contributed by atoms with van der Waals surface area (Å²) in [6.07, 6.45) is -1.40. The molecule has 2 nitrogen and oxygen atoms in total. The number of halogens is 4. The van der Waals surface area contributed by atoms with Crippen molar-refractivity contribution < 1.29 is 8.78 Å². The van der Waals surface area contributed by atoms with Gasteiger partial charge in [-0.3, -0.25) is 0 Å². The summed E-state index contributed by atoms with van der Waals surface area (Å²) in [6, 6.07) is 1.79. The maximum absolute atomic E-state index is 12.6. The molecule has 0 aliphatic carbocycles. The molecule has 0 bridgehead atoms. The van der Waals surface area contributed by atoms with Crippen LogP contribution in [-0.2, 0) is 5.88 Å². The Morgan fingerprint density at radius 2 is 2.29 bits per heavy atom. The molecule has 0 radical (unpaired) electrons. The maximum Gasteiger partial charge on any atom is 0.266 e. The summed E-state index contributed by atoms with van der Waals surface area (Å²) in [7, 11) is 0. The van der Waals surface area contributed by atoms with E-state index in [2.05, 4.69) is 4.98 Å². The number of hydrogen-bond acceptors (Lipinski definition) is 2. The van der Waals surface area contributed by atoms with Gasteiger partial charge in [0.25, 0.3) is 6.43 Å². The lowest BCUT2D eigenvalue weighted by atomic mass is 10.1. The van der Waals surface area contributed by atoms with E-state index in [0.29, 0.717) is 0 Å². The quantitative estimate of drug-likeness (QED) is 0.475. The zero-order valence-corrected chi connectivity index (χ0v) is 9.68. The van der Waals surface area contributed by atoms with Gasteiger partial charge in [0, 0.05) is 12.1 Å². The second kappa shape index (κ2) is 4.84. The Morgan fingerprint density at radius 3 is 2.71 bits per heavy atom. The van der Waals surface area contributed by atoms with Gasteiger partial charge in [0.05, 0.1) is 11.1 Å². The van der Waals surface area contributed by atoms with Gasteiger partial charge in [0.15, 0.2) is 0 Å². The van der Waals surface area contributed by atoms with E-state index in [1.54, 1.807) is 28.7 Å². The van der Waals surface area contributed by atoms with Crippen molar-refractivity contribution in [2.45, 2.75) is 12.3 Å². The molecule has 1 heterocycles. The lowest BCUT2D eigenvalue weighted by molar-refractivity contribution is 0.149. The molecule has 14 heavy (non-hydrogen) atoms. The molecule has 0 atom stereocenters. The summed E-state index contributed by atoms with van der Waals surface area (Å²) >= 11 is 7.21. The molecular weight excluding hydrogens is 324 g/mol. The lowest BCUT2D eigenvalue weighted by Gasteiger charge is -2.08. The van der Waals surface area contributed by atoms with Crippen molar-refractivity contribution >= 4 is 34.2 Å². The molecule has 6 heteroatoms. The predicted octanol–water partition coefficient (Wildman–Crippen LogP) is 3.23. The Kier molecular flexibility index (Phi) is 4.01. The summed E-state index contributed by atoms with van der Waals surface area (Å²) in [5.74, 6) is -0.110. The maximum atomic E-state index is 12.6. The molecule has 0 spiro atoms. The smallest absolute Gasteiger partial charge is 0.248 e. The van der Waals surface area contributed by atoms with Crippen molar-refractivity contribution in [2.24, 2.45) is 0 Å². The van der Waals surface area contributed by atoms with Crippen molar-refractivity contribution in [3.8, 4) is 6.07 Å². The molecule has 0 saturated carbocycles. The normalized spacial score (nSPS) is 10.3. The van der Waals surface area contributed by atoms with Gasteiger partial charge in [-0.25, -0.2) is 13.8 Å². The number of pyridine rings is 1. The van der Waals surface area contributed by atoms with Crippen molar-refractivity contribution in [2.75, 3.05) is 0 Å². The standard InChI is InChI=1S/C8H4ClF2IN2/c9-1-5-4(2-13)3-14-8(12)6(5)7(10)11/h3,7H,1H2. The fourth-order valence-electron chi connectivity index (χ4n) is 1.00. The van der Waals surface area contributed by atoms with Crippen LogP contribution in [0.1, 0.15) is 23.1 Å². The van der Waals surface area contributed by atoms with Crippen LogP contribution in [0.3, 0.4) is 0 Å². The van der Waals surface area contributed by atoms with Crippen LogP contribution in [0, 0.1) is 15.0 Å². The number of alkyl halides is 3. The molecule has 1 aromatic heterocycles. The number of hydrogen-bond donors (Lipinski definition) is 0. The van der Waals surface area contributed by atoms with E-state index in [0.717, 1.165) is 0 Å². The van der Waals surface area contributed by atoms with Gasteiger partial charge in [-0.15, -0.1) is 11.6 Å². The minimum Gasteiger partial charge on any atom is -0.248 e. The summed E-state index contributed by atoms with van der Waals surface area (Å²) in [5, 5.41) is 8.65. The summed E-state index contributed by atoms with van der Waals surface area (Å²) < 4.78 is 25.3. The first kappa shape index (κ1) is 11.6. The fraction of sp³-hybridized carbons (Fsp3) is 0.250. The van der Waals surface area contributed by atoms with Gasteiger partial charge in [-0.1, -0.05) is 0 Å². The van der Waals surface area contributed by atoms with Crippen LogP contribution in [0.2, 0.25) is 0 Å². The van der Waals surface area contributed by atoms with Gasteiger partial charge >= 0.3 is 0 Å². The molecule has 1 rings (SSSR count). The molecule has 0 aromatic carbocycles. The zero-order valence-electron chi connectivity index (χ0n) is 6.77. The van der Waals surface area contributed by atoms with Gasteiger partial charge in [0.1, 0.15) is 9.77 Å². The van der Waals surface area contributed by atoms with E-state index in [-0.39, 0.29) is 26.3 Å². The largest absolute Gasteiger partial charge is 0.266 e. The van der Waals surface area contributed by atoms with E-state index in [1.807, 2.05) is 0 Å². The molecule has 0 unspecified atom stereocenters. The average Bonchev–Trinajstić information content (AvgIpc) is 2.16. The summed E-state index contributed by atoms with van der Waals surface area (Å²) in [5.41, 5.74) is 0.0407. The Labute approximate surface area is 98.0 Å². The van der Waals surface area contributed by atoms with Crippen LogP contribution >= 0.6 is 34.2 Å². The minimum absolute atomic E-state index is 0.107. The Bertz CT molecular complexity index is 390. The third kappa shape index (κ3) is 2.12. The van der Waals surface area contributed by atoms with E-state index in [1.165, 1.54) is 6.20 Å². The number of aromatic nitrogens is 1. The first-order valence-corrected chi connectivity index (χ1v) is 5.14. The predicted molar refractivity (Wildman–Crippen MR) is 56.2 cm³/mol. The SMILES string of the molecule is N#Cc1cnc(I)c(C(F)F)c1CCl. The number of rotatable bonds is 2. The van der Waals surface area contributed by atoms with E-state index in [9.17, 15) is 8.78 Å². The van der Waals surface area contributed by atoms with Crippen LogP contribution in [0.25, 0.3) is 0 Å². The molecule has 0 aliphatic heterocycles. The Morgan fingerprint density at radius 1 is 1.64 bits per heavy atom.